The Morgan fingerprint density at radius 1 is 0.923 bits per heavy atom. The highest BCUT2D eigenvalue weighted by molar-refractivity contribution is 6.76. The van der Waals surface area contributed by atoms with Gasteiger partial charge >= 0.3 is 11.9 Å². The molecule has 2 unspecified atom stereocenters. The van der Waals surface area contributed by atoms with Gasteiger partial charge in [-0.1, -0.05) is 56.0 Å². The molecule has 3 aliphatic rings. The smallest absolute Gasteiger partial charge is 0.310 e. The summed E-state index contributed by atoms with van der Waals surface area (Å²) in [5.74, 6) is -2.41. The Bertz CT molecular complexity index is 1180. The second kappa shape index (κ2) is 12.7. The molecule has 0 amide bonds. The van der Waals surface area contributed by atoms with Crippen LogP contribution in [0.1, 0.15) is 42.7 Å². The molecular formula is C30H39NO7Si. The van der Waals surface area contributed by atoms with E-state index in [0.717, 1.165) is 22.9 Å². The van der Waals surface area contributed by atoms with Crippen LogP contribution in [0.4, 0.5) is 0 Å². The van der Waals surface area contributed by atoms with E-state index in [1.807, 2.05) is 43.3 Å². The van der Waals surface area contributed by atoms with Crippen LogP contribution in [0.2, 0.25) is 25.7 Å². The molecule has 39 heavy (non-hydrogen) atoms. The first kappa shape index (κ1) is 28.7. The minimum absolute atomic E-state index is 0.0905. The molecule has 8 nitrogen and oxygen atoms in total. The predicted octanol–water partition coefficient (Wildman–Crippen LogP) is 5.50. The van der Waals surface area contributed by atoms with Crippen molar-refractivity contribution in [3.05, 3.63) is 59.7 Å². The van der Waals surface area contributed by atoms with Crippen molar-refractivity contribution in [1.29, 1.82) is 0 Å². The monoisotopic (exact) mass is 553 g/mol. The van der Waals surface area contributed by atoms with Crippen molar-refractivity contribution in [3.8, 4) is 11.5 Å². The minimum atomic E-state index is -1.41. The number of para-hydroxylation sites is 1. The van der Waals surface area contributed by atoms with Crippen LogP contribution in [0, 0.1) is 11.8 Å². The Balaban J connectivity index is 1.58. The van der Waals surface area contributed by atoms with Gasteiger partial charge in [0.2, 0.25) is 0 Å². The molecule has 0 aromatic heterocycles. The zero-order chi connectivity index (χ0) is 28.0. The predicted molar refractivity (Wildman–Crippen MR) is 151 cm³/mol. The maximum atomic E-state index is 13.5. The van der Waals surface area contributed by atoms with Gasteiger partial charge in [-0.3, -0.25) is 9.59 Å². The number of carbonyl (C=O) groups is 2. The number of hydrogen-bond donors (Lipinski definition) is 1. The molecule has 4 atom stereocenters. The Morgan fingerprint density at radius 2 is 1.64 bits per heavy atom. The highest BCUT2D eigenvalue weighted by Gasteiger charge is 2.57. The third-order valence-electron chi connectivity index (χ3n) is 7.23. The average molecular weight is 554 g/mol. The summed E-state index contributed by atoms with van der Waals surface area (Å²) < 4.78 is 17.0. The van der Waals surface area contributed by atoms with E-state index < -0.39 is 31.8 Å². The summed E-state index contributed by atoms with van der Waals surface area (Å²) in [6.07, 6.45) is 1.12. The summed E-state index contributed by atoms with van der Waals surface area (Å²) in [4.78, 5) is 32.6. The number of esters is 2. The van der Waals surface area contributed by atoms with Gasteiger partial charge in [0.15, 0.2) is 6.61 Å². The molecule has 2 bridgehead atoms. The van der Waals surface area contributed by atoms with Crippen LogP contribution < -0.4 is 4.74 Å². The quantitative estimate of drug-likeness (QED) is 0.160. The fourth-order valence-corrected chi connectivity index (χ4v) is 6.09. The average Bonchev–Trinajstić information content (AvgIpc) is 2.90. The maximum absolute atomic E-state index is 13.5. The number of aromatic hydroxyl groups is 1. The Kier molecular flexibility index (Phi) is 9.32. The second-order valence-corrected chi connectivity index (χ2v) is 17.0. The highest BCUT2D eigenvalue weighted by atomic mass is 28.3. The summed E-state index contributed by atoms with van der Waals surface area (Å²) in [6, 6.07) is 15.4. The van der Waals surface area contributed by atoms with Gasteiger partial charge in [0.05, 0.1) is 30.8 Å². The molecule has 5 rings (SSSR count). The summed E-state index contributed by atoms with van der Waals surface area (Å²) in [7, 11) is -1.41. The normalized spacial score (nSPS) is 22.7. The van der Waals surface area contributed by atoms with Crippen molar-refractivity contribution < 1.29 is 33.7 Å². The molecule has 2 aromatic rings. The standard InChI is InChI=1S/C30H39NO7Si/c1-5-13-36-30(34)28-26-23-18-20(32)11-12-22(23)24(27(28)29(33)37-16-17-39(2,3)4)19-25(26)31-38-15-14-35-21-9-7-6-8-10-21/h6-12,18,24,26-28,32H,5,13-17,19H2,1-4H3/b31-25+/t24?,26-,27?,28-/m1/s1. The first-order valence-corrected chi connectivity index (χ1v) is 17.4. The van der Waals surface area contributed by atoms with E-state index in [1.54, 1.807) is 12.1 Å². The van der Waals surface area contributed by atoms with Gasteiger partial charge in [-0.05, 0) is 54.3 Å². The molecule has 1 saturated carbocycles. The van der Waals surface area contributed by atoms with Gasteiger partial charge in [-0.2, -0.15) is 0 Å². The molecule has 210 valence electrons. The number of benzene rings is 2. The molecule has 1 fully saturated rings. The van der Waals surface area contributed by atoms with Crippen molar-refractivity contribution in [2.24, 2.45) is 17.0 Å². The summed E-state index contributed by atoms with van der Waals surface area (Å²) in [5, 5.41) is 14.7. The number of carbonyl (C=O) groups excluding carboxylic acids is 2. The van der Waals surface area contributed by atoms with Crippen LogP contribution in [0.25, 0.3) is 0 Å². The molecular weight excluding hydrogens is 514 g/mol. The Hall–Kier alpha value is -3.33. The fraction of sp³-hybridized carbons (Fsp3) is 0.500. The Labute approximate surface area is 231 Å². The van der Waals surface area contributed by atoms with Gasteiger partial charge in [-0.25, -0.2) is 0 Å². The molecule has 0 heterocycles. The van der Waals surface area contributed by atoms with E-state index in [2.05, 4.69) is 24.8 Å². The minimum Gasteiger partial charge on any atom is -0.508 e. The third kappa shape index (κ3) is 7.01. The second-order valence-electron chi connectivity index (χ2n) is 11.4. The van der Waals surface area contributed by atoms with Crippen molar-refractivity contribution in [2.45, 2.75) is 57.3 Å². The zero-order valence-electron chi connectivity index (χ0n) is 23.2. The van der Waals surface area contributed by atoms with E-state index in [1.165, 1.54) is 0 Å². The number of oxime groups is 1. The van der Waals surface area contributed by atoms with Crippen LogP contribution >= 0.6 is 0 Å². The maximum Gasteiger partial charge on any atom is 0.310 e. The van der Waals surface area contributed by atoms with Gasteiger partial charge < -0.3 is 24.2 Å². The first-order chi connectivity index (χ1) is 18.7. The van der Waals surface area contributed by atoms with E-state index in [4.69, 9.17) is 19.0 Å². The van der Waals surface area contributed by atoms with E-state index >= 15 is 0 Å². The van der Waals surface area contributed by atoms with Crippen LogP contribution in [-0.2, 0) is 23.9 Å². The third-order valence-corrected chi connectivity index (χ3v) is 8.93. The summed E-state index contributed by atoms with van der Waals surface area (Å²) in [5.41, 5.74) is 2.36. The lowest BCUT2D eigenvalue weighted by molar-refractivity contribution is -0.163. The lowest BCUT2D eigenvalue weighted by Crippen LogP contribution is -2.51. The summed E-state index contributed by atoms with van der Waals surface area (Å²) >= 11 is 0. The van der Waals surface area contributed by atoms with E-state index in [0.29, 0.717) is 31.8 Å². The van der Waals surface area contributed by atoms with E-state index in [-0.39, 0.29) is 30.9 Å². The SMILES string of the molecule is CCCOC(=O)[C@H]1C(C(=O)OCC[Si](C)(C)C)C2C/C(=N\OCCOc3ccccc3)[C@H]1c1cc(O)ccc12. The molecule has 0 spiro atoms. The molecule has 0 aliphatic heterocycles. The zero-order valence-corrected chi connectivity index (χ0v) is 24.2. The number of nitrogens with zero attached hydrogens (tertiary/aromatic N) is 1. The number of rotatable bonds is 12. The van der Waals surface area contributed by atoms with Crippen LogP contribution in [0.3, 0.4) is 0 Å². The number of ether oxygens (including phenoxy) is 3. The number of fused-ring (bicyclic) bond motifs is 2. The fourth-order valence-electron chi connectivity index (χ4n) is 5.37. The largest absolute Gasteiger partial charge is 0.508 e. The molecule has 3 aliphatic carbocycles. The van der Waals surface area contributed by atoms with Crippen LogP contribution in [-0.4, -0.2) is 57.3 Å². The van der Waals surface area contributed by atoms with Gasteiger partial charge in [0.25, 0.3) is 0 Å². The van der Waals surface area contributed by atoms with Crippen molar-refractivity contribution >= 4 is 25.7 Å². The molecule has 1 N–H and O–H groups in total. The van der Waals surface area contributed by atoms with Crippen LogP contribution in [0.5, 0.6) is 11.5 Å². The van der Waals surface area contributed by atoms with Crippen molar-refractivity contribution in [1.82, 2.24) is 0 Å². The Morgan fingerprint density at radius 3 is 2.36 bits per heavy atom. The first-order valence-electron chi connectivity index (χ1n) is 13.7. The molecule has 0 saturated heterocycles. The van der Waals surface area contributed by atoms with Gasteiger partial charge in [0, 0.05) is 19.9 Å². The number of phenolic OH excluding ortho intramolecular Hbond substituents is 1. The van der Waals surface area contributed by atoms with Crippen molar-refractivity contribution in [2.75, 3.05) is 26.4 Å². The molecule has 9 heteroatoms. The lowest BCUT2D eigenvalue weighted by atomic mass is 9.55. The van der Waals surface area contributed by atoms with Crippen LogP contribution in [0.15, 0.2) is 53.7 Å². The van der Waals surface area contributed by atoms with Gasteiger partial charge in [0.1, 0.15) is 18.1 Å². The molecule has 0 radical (unpaired) electrons. The topological polar surface area (TPSA) is 104 Å². The van der Waals surface area contributed by atoms with Gasteiger partial charge in [-0.15, -0.1) is 0 Å². The lowest BCUT2D eigenvalue weighted by Gasteiger charge is -2.47. The summed E-state index contributed by atoms with van der Waals surface area (Å²) in [6.45, 7) is 9.73. The molecule has 2 aromatic carbocycles. The number of phenols is 1. The highest BCUT2D eigenvalue weighted by Crippen LogP contribution is 2.55. The number of hydrogen-bond acceptors (Lipinski definition) is 8. The van der Waals surface area contributed by atoms with Crippen molar-refractivity contribution in [3.63, 3.8) is 0 Å². The van der Waals surface area contributed by atoms with E-state index in [9.17, 15) is 14.7 Å².